The lowest BCUT2D eigenvalue weighted by Gasteiger charge is -2.27. The first kappa shape index (κ1) is 12.9. The van der Waals surface area contributed by atoms with Crippen LogP contribution in [0, 0.1) is 5.92 Å². The Hall–Kier alpha value is -1.13. The van der Waals surface area contributed by atoms with Crippen molar-refractivity contribution >= 4 is 17.2 Å². The molecule has 2 bridgehead atoms. The zero-order valence-corrected chi connectivity index (χ0v) is 12.1. The van der Waals surface area contributed by atoms with Crippen molar-refractivity contribution in [3.63, 3.8) is 0 Å². The van der Waals surface area contributed by atoms with Crippen molar-refractivity contribution in [2.75, 3.05) is 13.7 Å². The van der Waals surface area contributed by atoms with Crippen LogP contribution in [-0.4, -0.2) is 29.6 Å². The average Bonchev–Trinajstić information content (AvgIpc) is 3.01. The second kappa shape index (κ2) is 5.10. The molecule has 3 nitrogen and oxygen atoms in total. The first-order valence-corrected chi connectivity index (χ1v) is 7.29. The second-order valence-corrected chi connectivity index (χ2v) is 6.10. The zero-order valence-electron chi connectivity index (χ0n) is 11.3. The molecule has 1 aliphatic carbocycles. The maximum absolute atomic E-state index is 5.77. The van der Waals surface area contributed by atoms with Gasteiger partial charge in [0.2, 0.25) is 0 Å². The number of hydrogen-bond donors (Lipinski definition) is 1. The summed E-state index contributed by atoms with van der Waals surface area (Å²) in [5.74, 6) is 1.69. The van der Waals surface area contributed by atoms with Gasteiger partial charge < -0.3 is 10.5 Å². The van der Waals surface area contributed by atoms with Crippen LogP contribution in [0.1, 0.15) is 30.4 Å². The highest BCUT2D eigenvalue weighted by Crippen LogP contribution is 2.38. The van der Waals surface area contributed by atoms with Crippen molar-refractivity contribution in [2.24, 2.45) is 11.7 Å². The fourth-order valence-corrected chi connectivity index (χ4v) is 3.66. The molecule has 1 heterocycles. The highest BCUT2D eigenvalue weighted by molar-refractivity contribution is 7.80. The number of ether oxygens (including phenoxy) is 1. The number of thiocarbonyl (C=S) groups is 1. The lowest BCUT2D eigenvalue weighted by molar-refractivity contribution is 0.205. The van der Waals surface area contributed by atoms with E-state index in [4.69, 9.17) is 22.7 Å². The van der Waals surface area contributed by atoms with E-state index in [1.807, 2.05) is 6.07 Å². The molecule has 2 N–H and O–H groups in total. The maximum atomic E-state index is 5.77. The number of likely N-dealkylation sites (tertiary alicyclic amines) is 1. The molecule has 19 heavy (non-hydrogen) atoms. The molecule has 2 fully saturated rings. The molecule has 0 amide bonds. The summed E-state index contributed by atoms with van der Waals surface area (Å²) >= 11 is 5.10. The van der Waals surface area contributed by atoms with Crippen molar-refractivity contribution in [1.29, 1.82) is 0 Å². The molecule has 1 aromatic rings. The largest absolute Gasteiger partial charge is 0.496 e. The summed E-state index contributed by atoms with van der Waals surface area (Å²) in [6.07, 6.45) is 4.17. The van der Waals surface area contributed by atoms with Gasteiger partial charge in [-0.1, -0.05) is 18.3 Å². The normalized spacial score (nSPS) is 25.7. The van der Waals surface area contributed by atoms with E-state index in [0.29, 0.717) is 4.99 Å². The van der Waals surface area contributed by atoms with Gasteiger partial charge in [-0.2, -0.15) is 0 Å². The zero-order chi connectivity index (χ0) is 13.4. The molecule has 1 aliphatic heterocycles. The van der Waals surface area contributed by atoms with E-state index in [1.165, 1.54) is 31.4 Å². The van der Waals surface area contributed by atoms with Gasteiger partial charge in [-0.05, 0) is 42.9 Å². The van der Waals surface area contributed by atoms with E-state index in [-0.39, 0.29) is 0 Å². The smallest absolute Gasteiger partial charge is 0.129 e. The average molecular weight is 276 g/mol. The van der Waals surface area contributed by atoms with Crippen LogP contribution in [0.25, 0.3) is 0 Å². The van der Waals surface area contributed by atoms with E-state index in [2.05, 4.69) is 17.0 Å². The van der Waals surface area contributed by atoms with Gasteiger partial charge in [-0.15, -0.1) is 0 Å². The highest BCUT2D eigenvalue weighted by Gasteiger charge is 2.37. The predicted octanol–water partition coefficient (Wildman–Crippen LogP) is 2.31. The van der Waals surface area contributed by atoms with E-state index >= 15 is 0 Å². The number of piperidine rings is 1. The van der Waals surface area contributed by atoms with E-state index in [1.54, 1.807) is 7.11 Å². The van der Waals surface area contributed by atoms with Crippen LogP contribution in [0.2, 0.25) is 0 Å². The molecule has 102 valence electrons. The third-order valence-corrected chi connectivity index (χ3v) is 4.66. The summed E-state index contributed by atoms with van der Waals surface area (Å²) in [5.41, 5.74) is 7.89. The second-order valence-electron chi connectivity index (χ2n) is 5.66. The fraction of sp³-hybridized carbons (Fsp3) is 0.533. The molecule has 2 unspecified atom stereocenters. The first-order valence-electron chi connectivity index (χ1n) is 6.88. The Morgan fingerprint density at radius 1 is 1.47 bits per heavy atom. The molecule has 1 saturated carbocycles. The lowest BCUT2D eigenvalue weighted by Crippen LogP contribution is -2.31. The van der Waals surface area contributed by atoms with Gasteiger partial charge in [0.15, 0.2) is 0 Å². The van der Waals surface area contributed by atoms with E-state index in [9.17, 15) is 0 Å². The lowest BCUT2D eigenvalue weighted by atomic mass is 10.1. The molecular weight excluding hydrogens is 256 g/mol. The van der Waals surface area contributed by atoms with E-state index in [0.717, 1.165) is 29.8 Å². The molecule has 0 spiro atoms. The van der Waals surface area contributed by atoms with Gasteiger partial charge in [0.1, 0.15) is 10.7 Å². The van der Waals surface area contributed by atoms with Gasteiger partial charge >= 0.3 is 0 Å². The number of benzene rings is 1. The minimum Gasteiger partial charge on any atom is -0.496 e. The number of nitrogens with two attached hydrogens (primary N) is 1. The van der Waals surface area contributed by atoms with Crippen LogP contribution in [0.15, 0.2) is 18.2 Å². The number of fused-ring (bicyclic) bond motifs is 2. The summed E-state index contributed by atoms with van der Waals surface area (Å²) in [4.78, 5) is 3.00. The third-order valence-electron chi connectivity index (χ3n) is 4.44. The minimum absolute atomic E-state index is 0.404. The first-order chi connectivity index (χ1) is 9.17. The number of rotatable bonds is 4. The summed E-state index contributed by atoms with van der Waals surface area (Å²) < 4.78 is 5.30. The van der Waals surface area contributed by atoms with Crippen molar-refractivity contribution in [1.82, 2.24) is 4.90 Å². The predicted molar refractivity (Wildman–Crippen MR) is 80.4 cm³/mol. The van der Waals surface area contributed by atoms with Gasteiger partial charge in [-0.3, -0.25) is 4.90 Å². The Bertz CT molecular complexity index is 503. The van der Waals surface area contributed by atoms with Crippen LogP contribution in [-0.2, 0) is 6.54 Å². The maximum Gasteiger partial charge on any atom is 0.129 e. The molecule has 0 radical (unpaired) electrons. The number of nitrogens with zero attached hydrogens (tertiary/aromatic N) is 1. The van der Waals surface area contributed by atoms with Crippen molar-refractivity contribution in [2.45, 2.75) is 31.8 Å². The molecule has 1 aromatic carbocycles. The van der Waals surface area contributed by atoms with Crippen LogP contribution < -0.4 is 10.5 Å². The van der Waals surface area contributed by atoms with Crippen molar-refractivity contribution in [3.05, 3.63) is 29.3 Å². The standard InChI is InChI=1S/C15H20N2OS/c1-18-14-5-3-11(7-13(14)15(16)19)9-17-8-10-2-4-12(17)6-10/h3,5,7,10,12H,2,4,6,8-9H2,1H3,(H2,16,19). The molecule has 1 saturated heterocycles. The highest BCUT2D eigenvalue weighted by atomic mass is 32.1. The molecule has 0 aromatic heterocycles. The Kier molecular flexibility index (Phi) is 3.46. The molecule has 3 rings (SSSR count). The topological polar surface area (TPSA) is 38.5 Å². The molecule has 2 atom stereocenters. The Morgan fingerprint density at radius 3 is 2.89 bits per heavy atom. The van der Waals surface area contributed by atoms with Crippen LogP contribution >= 0.6 is 12.2 Å². The van der Waals surface area contributed by atoms with E-state index < -0.39 is 0 Å². The van der Waals surface area contributed by atoms with Gasteiger partial charge in [0.25, 0.3) is 0 Å². The summed E-state index contributed by atoms with van der Waals surface area (Å²) in [5, 5.41) is 0. The van der Waals surface area contributed by atoms with Crippen molar-refractivity contribution < 1.29 is 4.74 Å². The Labute approximate surface area is 119 Å². The van der Waals surface area contributed by atoms with Gasteiger partial charge in [0, 0.05) is 19.1 Å². The van der Waals surface area contributed by atoms with Crippen LogP contribution in [0.5, 0.6) is 5.75 Å². The van der Waals surface area contributed by atoms with Crippen LogP contribution in [0.4, 0.5) is 0 Å². The molecule has 4 heteroatoms. The van der Waals surface area contributed by atoms with Crippen molar-refractivity contribution in [3.8, 4) is 5.75 Å². The summed E-state index contributed by atoms with van der Waals surface area (Å²) in [6, 6.07) is 6.96. The molecular formula is C15H20N2OS. The molecule has 2 aliphatic rings. The monoisotopic (exact) mass is 276 g/mol. The SMILES string of the molecule is COc1ccc(CN2CC3CCC2C3)cc1C(N)=S. The summed E-state index contributed by atoms with van der Waals surface area (Å²) in [7, 11) is 1.65. The number of hydrogen-bond acceptors (Lipinski definition) is 3. The quantitative estimate of drug-likeness (QED) is 0.857. The fourth-order valence-electron chi connectivity index (χ4n) is 3.50. The third kappa shape index (κ3) is 2.47. The van der Waals surface area contributed by atoms with Gasteiger partial charge in [0.05, 0.1) is 12.7 Å². The number of methoxy groups -OCH3 is 1. The van der Waals surface area contributed by atoms with Crippen LogP contribution in [0.3, 0.4) is 0 Å². The Morgan fingerprint density at radius 2 is 2.32 bits per heavy atom. The summed E-state index contributed by atoms with van der Waals surface area (Å²) in [6.45, 7) is 2.25. The Balaban J connectivity index is 1.78. The van der Waals surface area contributed by atoms with Gasteiger partial charge in [-0.25, -0.2) is 0 Å². The minimum atomic E-state index is 0.404.